The molecule has 1 aliphatic heterocycles. The Labute approximate surface area is 210 Å². The SMILES string of the molecule is C=CCOC(O)C[C@H]1S[C@H](C2C=CC=C(OC)C2(C)OCC=C)c2cc(Cl)ccc2NC1=S. The Morgan fingerprint density at radius 1 is 1.33 bits per heavy atom. The molecule has 3 unspecified atom stereocenters. The van der Waals surface area contributed by atoms with Gasteiger partial charge in [0.05, 0.1) is 30.6 Å². The molecule has 0 amide bonds. The molecule has 2 N–H and O–H groups in total. The van der Waals surface area contributed by atoms with E-state index in [4.69, 9.17) is 38.0 Å². The molecule has 8 heteroatoms. The summed E-state index contributed by atoms with van der Waals surface area (Å²) in [6.07, 6.45) is 8.74. The molecular formula is C25H30ClNO4S2. The van der Waals surface area contributed by atoms with Crippen LogP contribution < -0.4 is 5.32 Å². The first-order chi connectivity index (χ1) is 15.8. The van der Waals surface area contributed by atoms with Crippen molar-refractivity contribution in [3.05, 3.63) is 78.1 Å². The quantitative estimate of drug-likeness (QED) is 0.235. The van der Waals surface area contributed by atoms with Gasteiger partial charge >= 0.3 is 0 Å². The van der Waals surface area contributed by atoms with Gasteiger partial charge in [-0.25, -0.2) is 0 Å². The lowest BCUT2D eigenvalue weighted by Gasteiger charge is -2.42. The summed E-state index contributed by atoms with van der Waals surface area (Å²) < 4.78 is 17.5. The van der Waals surface area contributed by atoms with Crippen LogP contribution in [0.1, 0.15) is 24.2 Å². The number of fused-ring (bicyclic) bond motifs is 1. The summed E-state index contributed by atoms with van der Waals surface area (Å²) in [6, 6.07) is 5.74. The molecule has 2 aliphatic rings. The van der Waals surface area contributed by atoms with Gasteiger partial charge in [0.25, 0.3) is 0 Å². The third-order valence-electron chi connectivity index (χ3n) is 5.74. The first-order valence-corrected chi connectivity index (χ1v) is 12.4. The number of hydrogen-bond donors (Lipinski definition) is 2. The van der Waals surface area contributed by atoms with Gasteiger partial charge in [-0.1, -0.05) is 48.1 Å². The van der Waals surface area contributed by atoms with Gasteiger partial charge in [0, 0.05) is 28.3 Å². The van der Waals surface area contributed by atoms with E-state index in [-0.39, 0.29) is 23.0 Å². The van der Waals surface area contributed by atoms with Crippen molar-refractivity contribution >= 4 is 46.3 Å². The lowest BCUT2D eigenvalue weighted by molar-refractivity contribution is -0.0905. The molecule has 5 atom stereocenters. The second-order valence-electron chi connectivity index (χ2n) is 7.93. The van der Waals surface area contributed by atoms with E-state index in [1.807, 2.05) is 37.3 Å². The summed E-state index contributed by atoms with van der Waals surface area (Å²) >= 11 is 13.8. The Morgan fingerprint density at radius 2 is 2.09 bits per heavy atom. The fourth-order valence-corrected chi connectivity index (χ4v) is 6.34. The minimum atomic E-state index is -0.967. The molecule has 0 spiro atoms. The highest BCUT2D eigenvalue weighted by molar-refractivity contribution is 8.02. The zero-order valence-electron chi connectivity index (χ0n) is 18.8. The van der Waals surface area contributed by atoms with Crippen LogP contribution in [0.25, 0.3) is 0 Å². The molecule has 1 heterocycles. The van der Waals surface area contributed by atoms with Crippen molar-refractivity contribution in [1.82, 2.24) is 0 Å². The van der Waals surface area contributed by atoms with Crippen molar-refractivity contribution in [3.63, 3.8) is 0 Å². The van der Waals surface area contributed by atoms with E-state index in [2.05, 4.69) is 24.6 Å². The van der Waals surface area contributed by atoms with E-state index < -0.39 is 11.9 Å². The van der Waals surface area contributed by atoms with Gasteiger partial charge in [0.2, 0.25) is 0 Å². The second-order valence-corrected chi connectivity index (χ2v) is 10.2. The molecule has 1 aliphatic carbocycles. The zero-order chi connectivity index (χ0) is 24.0. The number of benzene rings is 1. The van der Waals surface area contributed by atoms with Crippen molar-refractivity contribution in [2.75, 3.05) is 25.6 Å². The zero-order valence-corrected chi connectivity index (χ0v) is 21.2. The fraction of sp³-hybridized carbons (Fsp3) is 0.400. The minimum Gasteiger partial charge on any atom is -0.498 e. The number of halogens is 1. The van der Waals surface area contributed by atoms with Crippen molar-refractivity contribution in [2.24, 2.45) is 5.92 Å². The number of methoxy groups -OCH3 is 1. The van der Waals surface area contributed by atoms with Gasteiger partial charge in [-0.2, -0.15) is 0 Å². The molecule has 0 saturated carbocycles. The van der Waals surface area contributed by atoms with Gasteiger partial charge in [-0.3, -0.25) is 0 Å². The third kappa shape index (κ3) is 5.91. The highest BCUT2D eigenvalue weighted by Gasteiger charge is 2.47. The van der Waals surface area contributed by atoms with Gasteiger partial charge in [0.1, 0.15) is 11.4 Å². The average molecular weight is 508 g/mol. The van der Waals surface area contributed by atoms with Gasteiger partial charge in [-0.15, -0.1) is 24.9 Å². The molecule has 0 aromatic heterocycles. The van der Waals surface area contributed by atoms with Crippen LogP contribution >= 0.6 is 35.6 Å². The molecule has 33 heavy (non-hydrogen) atoms. The molecule has 1 aromatic rings. The molecule has 178 valence electrons. The topological polar surface area (TPSA) is 60.0 Å². The van der Waals surface area contributed by atoms with Gasteiger partial charge in [0.15, 0.2) is 6.29 Å². The fourth-order valence-electron chi connectivity index (χ4n) is 4.11. The summed E-state index contributed by atoms with van der Waals surface area (Å²) in [5.74, 6) is 0.614. The van der Waals surface area contributed by atoms with E-state index in [0.29, 0.717) is 23.0 Å². The van der Waals surface area contributed by atoms with Crippen LogP contribution in [0.15, 0.2) is 67.5 Å². The van der Waals surface area contributed by atoms with E-state index in [9.17, 15) is 5.11 Å². The average Bonchev–Trinajstić information content (AvgIpc) is 2.92. The Hall–Kier alpha value is -1.61. The molecular weight excluding hydrogens is 478 g/mol. The van der Waals surface area contributed by atoms with Crippen molar-refractivity contribution in [3.8, 4) is 0 Å². The Balaban J connectivity index is 2.03. The number of hydrogen-bond acceptors (Lipinski definition) is 6. The van der Waals surface area contributed by atoms with Crippen LogP contribution in [-0.4, -0.2) is 47.6 Å². The molecule has 0 bridgehead atoms. The molecule has 1 aromatic carbocycles. The normalized spacial score (nSPS) is 27.6. The molecule has 5 nitrogen and oxygen atoms in total. The molecule has 3 rings (SSSR count). The number of thiocarbonyl (C=S) groups is 1. The van der Waals surface area contributed by atoms with Crippen LogP contribution in [-0.2, 0) is 14.2 Å². The number of aliphatic hydroxyl groups is 1. The molecule has 0 radical (unpaired) electrons. The van der Waals surface area contributed by atoms with Crippen LogP contribution in [0.4, 0.5) is 5.69 Å². The van der Waals surface area contributed by atoms with E-state index in [1.54, 1.807) is 31.0 Å². The minimum absolute atomic E-state index is 0.104. The smallest absolute Gasteiger partial charge is 0.156 e. The maximum atomic E-state index is 10.4. The van der Waals surface area contributed by atoms with Crippen molar-refractivity contribution in [1.29, 1.82) is 0 Å². The lowest BCUT2D eigenvalue weighted by Crippen LogP contribution is -2.43. The number of thioether (sulfide) groups is 1. The number of ether oxygens (including phenoxy) is 3. The lowest BCUT2D eigenvalue weighted by atomic mass is 9.78. The first kappa shape index (κ1) is 26.0. The highest BCUT2D eigenvalue weighted by atomic mass is 35.5. The predicted octanol–water partition coefficient (Wildman–Crippen LogP) is 5.82. The van der Waals surface area contributed by atoms with Gasteiger partial charge < -0.3 is 24.6 Å². The van der Waals surface area contributed by atoms with Crippen LogP contribution in [0.5, 0.6) is 0 Å². The van der Waals surface area contributed by atoms with Crippen molar-refractivity contribution in [2.45, 2.75) is 35.7 Å². The number of allylic oxidation sites excluding steroid dienone is 2. The summed E-state index contributed by atoms with van der Waals surface area (Å²) in [7, 11) is 1.65. The summed E-state index contributed by atoms with van der Waals surface area (Å²) in [4.78, 5) is 0.628. The van der Waals surface area contributed by atoms with E-state index in [1.165, 1.54) is 0 Å². The largest absolute Gasteiger partial charge is 0.498 e. The molecule has 0 fully saturated rings. The summed E-state index contributed by atoms with van der Waals surface area (Å²) in [5, 5.41) is 14.1. The number of aliphatic hydroxyl groups excluding tert-OH is 1. The standard InChI is InChI=1S/C25H30ClNO4S2/c1-5-12-30-22(28)15-20-24(32)27-19-11-10-16(26)14-17(19)23(33-20)18-8-7-9-21(29-4)25(18,3)31-13-6-2/h5-11,14,18,20,22-23,28H,1-2,12-13,15H2,3-4H3,(H,27,32)/t18?,20-,22?,23+,25?/m1/s1. The van der Waals surface area contributed by atoms with Crippen LogP contribution in [0.3, 0.4) is 0 Å². The van der Waals surface area contributed by atoms with Crippen molar-refractivity contribution < 1.29 is 19.3 Å². The highest BCUT2D eigenvalue weighted by Crippen LogP contribution is 2.53. The Morgan fingerprint density at radius 3 is 2.79 bits per heavy atom. The van der Waals surface area contributed by atoms with Crippen LogP contribution in [0.2, 0.25) is 5.02 Å². The molecule has 0 saturated heterocycles. The Kier molecular flexibility index (Phi) is 9.21. The summed E-state index contributed by atoms with van der Waals surface area (Å²) in [5.41, 5.74) is 1.15. The number of rotatable bonds is 10. The van der Waals surface area contributed by atoms with Gasteiger partial charge in [-0.05, 0) is 36.8 Å². The maximum absolute atomic E-state index is 10.4. The summed E-state index contributed by atoms with van der Waals surface area (Å²) in [6.45, 7) is 10.1. The first-order valence-electron chi connectivity index (χ1n) is 10.7. The van der Waals surface area contributed by atoms with Crippen LogP contribution in [0, 0.1) is 5.92 Å². The number of anilines is 1. The predicted molar refractivity (Wildman–Crippen MR) is 141 cm³/mol. The van der Waals surface area contributed by atoms with E-state index in [0.717, 1.165) is 17.0 Å². The number of nitrogens with one attached hydrogen (secondary N) is 1. The second kappa shape index (κ2) is 11.7. The maximum Gasteiger partial charge on any atom is 0.156 e. The third-order valence-corrected chi connectivity index (χ3v) is 8.11. The van der Waals surface area contributed by atoms with E-state index >= 15 is 0 Å². The monoisotopic (exact) mass is 507 g/mol. The Bertz CT molecular complexity index is 950.